The molecule has 8 heteroatoms. The summed E-state index contributed by atoms with van der Waals surface area (Å²) >= 11 is 0. The Bertz CT molecular complexity index is 547. The van der Waals surface area contributed by atoms with Gasteiger partial charge >= 0.3 is 0 Å². The van der Waals surface area contributed by atoms with E-state index in [9.17, 15) is 9.59 Å². The SMILES string of the molecule is CN(C)C(=O)CN1CCC(NC(=O)c2ccccc2N)CC1.Cl.Cl. The number of rotatable bonds is 4. The Morgan fingerprint density at radius 3 is 2.33 bits per heavy atom. The van der Waals surface area contributed by atoms with Crippen LogP contribution in [0.4, 0.5) is 5.69 Å². The molecule has 1 heterocycles. The maximum Gasteiger partial charge on any atom is 0.253 e. The molecule has 0 unspecified atom stereocenters. The Balaban J connectivity index is 0.00000264. The number of nitrogens with zero attached hydrogens (tertiary/aromatic N) is 2. The number of nitrogen functional groups attached to an aromatic ring is 1. The lowest BCUT2D eigenvalue weighted by atomic mass is 10.0. The van der Waals surface area contributed by atoms with Crippen LogP contribution in [0.25, 0.3) is 0 Å². The van der Waals surface area contributed by atoms with Crippen molar-refractivity contribution in [2.75, 3.05) is 39.5 Å². The third kappa shape index (κ3) is 6.19. The summed E-state index contributed by atoms with van der Waals surface area (Å²) < 4.78 is 0. The van der Waals surface area contributed by atoms with E-state index in [1.54, 1.807) is 37.2 Å². The Kier molecular flexibility index (Phi) is 9.73. The highest BCUT2D eigenvalue weighted by atomic mass is 35.5. The second kappa shape index (κ2) is 10.4. The maximum atomic E-state index is 12.2. The topological polar surface area (TPSA) is 78.7 Å². The zero-order valence-electron chi connectivity index (χ0n) is 14.0. The summed E-state index contributed by atoms with van der Waals surface area (Å²) in [6.45, 7) is 2.07. The summed E-state index contributed by atoms with van der Waals surface area (Å²) in [6.07, 6.45) is 1.69. The predicted octanol–water partition coefficient (Wildman–Crippen LogP) is 1.39. The average molecular weight is 377 g/mol. The molecule has 1 aliphatic heterocycles. The largest absolute Gasteiger partial charge is 0.398 e. The number of carbonyl (C=O) groups excluding carboxylic acids is 2. The molecule has 1 aromatic carbocycles. The fourth-order valence-electron chi connectivity index (χ4n) is 2.54. The lowest BCUT2D eigenvalue weighted by Crippen LogP contribution is -2.47. The predicted molar refractivity (Wildman–Crippen MR) is 101 cm³/mol. The van der Waals surface area contributed by atoms with Crippen LogP contribution in [-0.2, 0) is 4.79 Å². The Morgan fingerprint density at radius 2 is 1.79 bits per heavy atom. The molecule has 1 aliphatic rings. The number of hydrogen-bond acceptors (Lipinski definition) is 4. The standard InChI is InChI=1S/C16H24N4O2.2ClH/c1-19(2)15(21)11-20-9-7-12(8-10-20)18-16(22)13-5-3-4-6-14(13)17;;/h3-6,12H,7-11,17H2,1-2H3,(H,18,22);2*1H. The van der Waals surface area contributed by atoms with Gasteiger partial charge in [0.15, 0.2) is 0 Å². The molecule has 0 spiro atoms. The van der Waals surface area contributed by atoms with Crippen LogP contribution < -0.4 is 11.1 Å². The molecule has 0 atom stereocenters. The van der Waals surface area contributed by atoms with E-state index >= 15 is 0 Å². The molecule has 6 nitrogen and oxygen atoms in total. The van der Waals surface area contributed by atoms with Crippen molar-refractivity contribution in [2.24, 2.45) is 0 Å². The number of carbonyl (C=O) groups is 2. The van der Waals surface area contributed by atoms with E-state index in [1.807, 2.05) is 6.07 Å². The zero-order valence-corrected chi connectivity index (χ0v) is 15.7. The summed E-state index contributed by atoms with van der Waals surface area (Å²) in [6, 6.07) is 7.21. The Morgan fingerprint density at radius 1 is 1.21 bits per heavy atom. The number of piperidine rings is 1. The molecule has 0 radical (unpaired) electrons. The number of halogens is 2. The first-order chi connectivity index (χ1) is 10.5. The van der Waals surface area contributed by atoms with E-state index in [2.05, 4.69) is 10.2 Å². The number of benzene rings is 1. The molecule has 0 saturated carbocycles. The molecule has 1 saturated heterocycles. The van der Waals surface area contributed by atoms with Gasteiger partial charge in [-0.05, 0) is 25.0 Å². The van der Waals surface area contributed by atoms with E-state index in [0.717, 1.165) is 25.9 Å². The molecular formula is C16H26Cl2N4O2. The fraction of sp³-hybridized carbons (Fsp3) is 0.500. The molecule has 1 fully saturated rings. The van der Waals surface area contributed by atoms with Crippen molar-refractivity contribution in [1.82, 2.24) is 15.1 Å². The quantitative estimate of drug-likeness (QED) is 0.778. The maximum absolute atomic E-state index is 12.2. The molecule has 136 valence electrons. The fourth-order valence-corrected chi connectivity index (χ4v) is 2.54. The van der Waals surface area contributed by atoms with Crippen molar-refractivity contribution < 1.29 is 9.59 Å². The van der Waals surface area contributed by atoms with Gasteiger partial charge in [0, 0.05) is 38.9 Å². The number of likely N-dealkylation sites (N-methyl/N-ethyl adjacent to an activating group) is 1. The van der Waals surface area contributed by atoms with Crippen LogP contribution in [0.1, 0.15) is 23.2 Å². The number of anilines is 1. The molecule has 0 aromatic heterocycles. The summed E-state index contributed by atoms with van der Waals surface area (Å²) in [7, 11) is 3.53. The first kappa shape index (κ1) is 22.5. The minimum absolute atomic E-state index is 0. The number of nitrogens with one attached hydrogen (secondary N) is 1. The third-order valence-electron chi connectivity index (χ3n) is 3.99. The second-order valence-electron chi connectivity index (χ2n) is 5.90. The second-order valence-corrected chi connectivity index (χ2v) is 5.90. The molecule has 0 bridgehead atoms. The summed E-state index contributed by atoms with van der Waals surface area (Å²) in [5.74, 6) is -0.0135. The van der Waals surface area contributed by atoms with Crippen LogP contribution in [0.15, 0.2) is 24.3 Å². The lowest BCUT2D eigenvalue weighted by molar-refractivity contribution is -0.130. The van der Waals surface area contributed by atoms with Crippen molar-refractivity contribution in [1.29, 1.82) is 0 Å². The number of para-hydroxylation sites is 1. The van der Waals surface area contributed by atoms with Gasteiger partial charge in [-0.2, -0.15) is 0 Å². The highest BCUT2D eigenvalue weighted by Gasteiger charge is 2.23. The molecule has 2 amide bonds. The van der Waals surface area contributed by atoms with Gasteiger partial charge < -0.3 is 16.0 Å². The van der Waals surface area contributed by atoms with E-state index in [1.165, 1.54) is 0 Å². The normalized spacial score (nSPS) is 14.9. The molecule has 2 rings (SSSR count). The number of amides is 2. The van der Waals surface area contributed by atoms with Gasteiger partial charge in [0.1, 0.15) is 0 Å². The summed E-state index contributed by atoms with van der Waals surface area (Å²) in [4.78, 5) is 27.6. The molecule has 24 heavy (non-hydrogen) atoms. The van der Waals surface area contributed by atoms with Crippen molar-refractivity contribution in [2.45, 2.75) is 18.9 Å². The number of hydrogen-bond donors (Lipinski definition) is 2. The Hall–Kier alpha value is -1.50. The van der Waals surface area contributed by atoms with Crippen LogP contribution in [0.5, 0.6) is 0 Å². The monoisotopic (exact) mass is 376 g/mol. The van der Waals surface area contributed by atoms with E-state index in [-0.39, 0.29) is 42.7 Å². The van der Waals surface area contributed by atoms with Crippen LogP contribution in [0.3, 0.4) is 0 Å². The first-order valence-electron chi connectivity index (χ1n) is 7.55. The van der Waals surface area contributed by atoms with Crippen molar-refractivity contribution >= 4 is 42.3 Å². The summed E-state index contributed by atoms with van der Waals surface area (Å²) in [5, 5.41) is 3.03. The van der Waals surface area contributed by atoms with Crippen LogP contribution in [-0.4, -0.2) is 61.4 Å². The zero-order chi connectivity index (χ0) is 16.1. The van der Waals surface area contributed by atoms with Crippen LogP contribution in [0.2, 0.25) is 0 Å². The van der Waals surface area contributed by atoms with E-state index < -0.39 is 0 Å². The highest BCUT2D eigenvalue weighted by molar-refractivity contribution is 5.99. The van der Waals surface area contributed by atoms with Crippen molar-refractivity contribution in [3.8, 4) is 0 Å². The molecule has 0 aliphatic carbocycles. The lowest BCUT2D eigenvalue weighted by Gasteiger charge is -2.32. The van der Waals surface area contributed by atoms with E-state index in [0.29, 0.717) is 17.8 Å². The third-order valence-corrected chi connectivity index (χ3v) is 3.99. The van der Waals surface area contributed by atoms with Gasteiger partial charge in [-0.25, -0.2) is 0 Å². The first-order valence-corrected chi connectivity index (χ1v) is 7.55. The van der Waals surface area contributed by atoms with Crippen LogP contribution >= 0.6 is 24.8 Å². The van der Waals surface area contributed by atoms with Gasteiger partial charge in [-0.15, -0.1) is 24.8 Å². The van der Waals surface area contributed by atoms with Gasteiger partial charge in [0.25, 0.3) is 5.91 Å². The minimum atomic E-state index is -0.124. The average Bonchev–Trinajstić information content (AvgIpc) is 2.49. The van der Waals surface area contributed by atoms with Gasteiger partial charge in [0.05, 0.1) is 12.1 Å². The molecular weight excluding hydrogens is 351 g/mol. The van der Waals surface area contributed by atoms with Crippen LogP contribution in [0, 0.1) is 0 Å². The van der Waals surface area contributed by atoms with E-state index in [4.69, 9.17) is 5.73 Å². The van der Waals surface area contributed by atoms with Crippen molar-refractivity contribution in [3.05, 3.63) is 29.8 Å². The molecule has 1 aromatic rings. The van der Waals surface area contributed by atoms with Gasteiger partial charge in [0.2, 0.25) is 5.91 Å². The smallest absolute Gasteiger partial charge is 0.253 e. The van der Waals surface area contributed by atoms with Gasteiger partial charge in [-0.3, -0.25) is 14.5 Å². The molecule has 3 N–H and O–H groups in total. The van der Waals surface area contributed by atoms with Crippen molar-refractivity contribution in [3.63, 3.8) is 0 Å². The highest BCUT2D eigenvalue weighted by Crippen LogP contribution is 2.14. The number of likely N-dealkylation sites (tertiary alicyclic amines) is 1. The van der Waals surface area contributed by atoms with Gasteiger partial charge in [-0.1, -0.05) is 12.1 Å². The summed E-state index contributed by atoms with van der Waals surface area (Å²) in [5.41, 5.74) is 6.84. The minimum Gasteiger partial charge on any atom is -0.398 e. The Labute approximate surface area is 155 Å². The number of nitrogens with two attached hydrogens (primary N) is 1.